The summed E-state index contributed by atoms with van der Waals surface area (Å²) in [6.45, 7) is 5.70. The van der Waals surface area contributed by atoms with Crippen LogP contribution >= 0.6 is 0 Å². The maximum absolute atomic E-state index is 13.4. The average molecular weight is 426 g/mol. The monoisotopic (exact) mass is 425 g/mol. The number of imide groups is 1. The average Bonchev–Trinajstić information content (AvgIpc) is 2.98. The van der Waals surface area contributed by atoms with Gasteiger partial charge in [-0.3, -0.25) is 14.5 Å². The van der Waals surface area contributed by atoms with Gasteiger partial charge in [0.1, 0.15) is 17.9 Å². The number of halogens is 1. The quantitative estimate of drug-likeness (QED) is 0.610. The SMILES string of the molecule is CCCCC1(c2ccc(F)cc2)NC(=O)N(CC(=O)Nc2cccc(C(C)C)c2)C1=O. The van der Waals surface area contributed by atoms with Crippen LogP contribution in [0.1, 0.15) is 57.1 Å². The number of nitrogens with one attached hydrogen (secondary N) is 2. The molecule has 0 saturated carbocycles. The number of hydrogen-bond acceptors (Lipinski definition) is 3. The Morgan fingerprint density at radius 1 is 1.16 bits per heavy atom. The fourth-order valence-electron chi connectivity index (χ4n) is 3.78. The molecule has 1 unspecified atom stereocenters. The van der Waals surface area contributed by atoms with Gasteiger partial charge in [-0.2, -0.15) is 0 Å². The van der Waals surface area contributed by atoms with E-state index < -0.39 is 35.7 Å². The van der Waals surface area contributed by atoms with E-state index in [4.69, 9.17) is 0 Å². The largest absolute Gasteiger partial charge is 0.325 e. The second-order valence-corrected chi connectivity index (χ2v) is 8.17. The second kappa shape index (κ2) is 9.29. The number of rotatable bonds is 8. The molecule has 7 heteroatoms. The Morgan fingerprint density at radius 2 is 1.87 bits per heavy atom. The highest BCUT2D eigenvalue weighted by atomic mass is 19.1. The molecule has 1 aliphatic rings. The topological polar surface area (TPSA) is 78.5 Å². The van der Waals surface area contributed by atoms with E-state index in [0.717, 1.165) is 16.9 Å². The highest BCUT2D eigenvalue weighted by molar-refractivity contribution is 6.10. The van der Waals surface area contributed by atoms with Gasteiger partial charge in [0.05, 0.1) is 0 Å². The first-order chi connectivity index (χ1) is 14.8. The molecule has 0 bridgehead atoms. The van der Waals surface area contributed by atoms with Crippen molar-refractivity contribution in [2.75, 3.05) is 11.9 Å². The van der Waals surface area contributed by atoms with E-state index in [0.29, 0.717) is 30.0 Å². The molecule has 1 aliphatic heterocycles. The second-order valence-electron chi connectivity index (χ2n) is 8.17. The molecular formula is C24H28FN3O3. The van der Waals surface area contributed by atoms with Gasteiger partial charge in [-0.25, -0.2) is 9.18 Å². The Labute approximate surface area is 181 Å². The van der Waals surface area contributed by atoms with E-state index in [1.807, 2.05) is 25.1 Å². The van der Waals surface area contributed by atoms with Gasteiger partial charge in [-0.15, -0.1) is 0 Å². The van der Waals surface area contributed by atoms with Crippen LogP contribution in [0.3, 0.4) is 0 Å². The smallest absolute Gasteiger partial charge is 0.325 e. The lowest BCUT2D eigenvalue weighted by Crippen LogP contribution is -2.44. The highest BCUT2D eigenvalue weighted by Gasteiger charge is 2.52. The Bertz CT molecular complexity index is 974. The van der Waals surface area contributed by atoms with Crippen LogP contribution in [-0.4, -0.2) is 29.3 Å². The number of nitrogens with zero attached hydrogens (tertiary/aromatic N) is 1. The lowest BCUT2D eigenvalue weighted by atomic mass is 9.85. The summed E-state index contributed by atoms with van der Waals surface area (Å²) in [5, 5.41) is 5.53. The van der Waals surface area contributed by atoms with Gasteiger partial charge in [0, 0.05) is 5.69 Å². The summed E-state index contributed by atoms with van der Waals surface area (Å²) in [5.74, 6) is -1.08. The Kier molecular flexibility index (Phi) is 6.73. The van der Waals surface area contributed by atoms with Crippen molar-refractivity contribution in [1.82, 2.24) is 10.2 Å². The maximum Gasteiger partial charge on any atom is 0.325 e. The lowest BCUT2D eigenvalue weighted by Gasteiger charge is -2.27. The summed E-state index contributed by atoms with van der Waals surface area (Å²) in [4.78, 5) is 39.5. The molecule has 164 valence electrons. The summed E-state index contributed by atoms with van der Waals surface area (Å²) in [7, 11) is 0. The summed E-state index contributed by atoms with van der Waals surface area (Å²) in [5.41, 5.74) is 0.897. The number of benzene rings is 2. The zero-order chi connectivity index (χ0) is 22.6. The molecule has 2 aromatic rings. The maximum atomic E-state index is 13.4. The van der Waals surface area contributed by atoms with Crippen LogP contribution in [-0.2, 0) is 15.1 Å². The van der Waals surface area contributed by atoms with Crippen molar-refractivity contribution < 1.29 is 18.8 Å². The zero-order valence-corrected chi connectivity index (χ0v) is 18.1. The molecule has 0 aromatic heterocycles. The Morgan fingerprint density at radius 3 is 2.52 bits per heavy atom. The molecule has 3 rings (SSSR count). The van der Waals surface area contributed by atoms with Gasteiger partial charge >= 0.3 is 6.03 Å². The van der Waals surface area contributed by atoms with Gasteiger partial charge in [-0.1, -0.05) is 57.9 Å². The minimum absolute atomic E-state index is 0.303. The first-order valence-corrected chi connectivity index (χ1v) is 10.6. The van der Waals surface area contributed by atoms with E-state index in [9.17, 15) is 18.8 Å². The third-order valence-electron chi connectivity index (χ3n) is 5.56. The van der Waals surface area contributed by atoms with Gasteiger partial charge < -0.3 is 10.6 Å². The number of amides is 4. The van der Waals surface area contributed by atoms with Crippen molar-refractivity contribution in [2.24, 2.45) is 0 Å². The van der Waals surface area contributed by atoms with E-state index in [1.54, 1.807) is 6.07 Å². The molecule has 0 aliphatic carbocycles. The Hall–Kier alpha value is -3.22. The standard InChI is InChI=1S/C24H28FN3O3/c1-4-5-13-24(18-9-11-19(25)12-10-18)22(30)28(23(31)27-24)15-21(29)26-20-8-6-7-17(14-20)16(2)3/h6-12,14,16H,4-5,13,15H2,1-3H3,(H,26,29)(H,27,31). The summed E-state index contributed by atoms with van der Waals surface area (Å²) < 4.78 is 13.4. The third kappa shape index (κ3) is 4.76. The minimum Gasteiger partial charge on any atom is -0.325 e. The minimum atomic E-state index is -1.29. The predicted octanol–water partition coefficient (Wildman–Crippen LogP) is 4.53. The van der Waals surface area contributed by atoms with Crippen LogP contribution in [0.2, 0.25) is 0 Å². The molecule has 1 fully saturated rings. The first-order valence-electron chi connectivity index (χ1n) is 10.6. The molecule has 1 heterocycles. The van der Waals surface area contributed by atoms with Crippen LogP contribution in [0.15, 0.2) is 48.5 Å². The van der Waals surface area contributed by atoms with Crippen molar-refractivity contribution in [3.05, 3.63) is 65.5 Å². The molecule has 2 N–H and O–H groups in total. The zero-order valence-electron chi connectivity index (χ0n) is 18.1. The van der Waals surface area contributed by atoms with Crippen LogP contribution < -0.4 is 10.6 Å². The highest BCUT2D eigenvalue weighted by Crippen LogP contribution is 2.34. The number of anilines is 1. The fraction of sp³-hybridized carbons (Fsp3) is 0.375. The van der Waals surface area contributed by atoms with Crippen LogP contribution in [0.25, 0.3) is 0 Å². The predicted molar refractivity (Wildman–Crippen MR) is 117 cm³/mol. The molecular weight excluding hydrogens is 397 g/mol. The van der Waals surface area contributed by atoms with Crippen molar-refractivity contribution in [2.45, 2.75) is 51.5 Å². The van der Waals surface area contributed by atoms with Gasteiger partial charge in [0.15, 0.2) is 0 Å². The number of carbonyl (C=O) groups is 3. The number of unbranched alkanes of at least 4 members (excludes halogenated alkanes) is 1. The molecule has 4 amide bonds. The Balaban J connectivity index is 1.79. The molecule has 31 heavy (non-hydrogen) atoms. The third-order valence-corrected chi connectivity index (χ3v) is 5.56. The summed E-state index contributed by atoms with van der Waals surface area (Å²) in [6, 6.07) is 12.4. The molecule has 2 aromatic carbocycles. The van der Waals surface area contributed by atoms with Crippen LogP contribution in [0, 0.1) is 5.82 Å². The lowest BCUT2D eigenvalue weighted by molar-refractivity contribution is -0.134. The molecule has 6 nitrogen and oxygen atoms in total. The van der Waals surface area contributed by atoms with Crippen molar-refractivity contribution in [1.29, 1.82) is 0 Å². The van der Waals surface area contributed by atoms with E-state index >= 15 is 0 Å². The summed E-state index contributed by atoms with van der Waals surface area (Å²) in [6.07, 6.45) is 1.87. The van der Waals surface area contributed by atoms with Gasteiger partial charge in [-0.05, 0) is 47.7 Å². The van der Waals surface area contributed by atoms with E-state index in [1.165, 1.54) is 24.3 Å². The number of carbonyl (C=O) groups excluding carboxylic acids is 3. The number of hydrogen-bond donors (Lipinski definition) is 2. The van der Waals surface area contributed by atoms with E-state index in [-0.39, 0.29) is 0 Å². The van der Waals surface area contributed by atoms with E-state index in [2.05, 4.69) is 24.5 Å². The van der Waals surface area contributed by atoms with Gasteiger partial charge in [0.2, 0.25) is 5.91 Å². The number of urea groups is 1. The summed E-state index contributed by atoms with van der Waals surface area (Å²) >= 11 is 0. The van der Waals surface area contributed by atoms with Crippen molar-refractivity contribution in [3.8, 4) is 0 Å². The molecule has 1 saturated heterocycles. The van der Waals surface area contributed by atoms with Crippen LogP contribution in [0.5, 0.6) is 0 Å². The molecule has 0 spiro atoms. The van der Waals surface area contributed by atoms with Crippen molar-refractivity contribution >= 4 is 23.5 Å². The molecule has 1 atom stereocenters. The van der Waals surface area contributed by atoms with Crippen LogP contribution in [0.4, 0.5) is 14.9 Å². The first kappa shape index (κ1) is 22.5. The van der Waals surface area contributed by atoms with Crippen molar-refractivity contribution in [3.63, 3.8) is 0 Å². The molecule has 0 radical (unpaired) electrons. The fourth-order valence-corrected chi connectivity index (χ4v) is 3.78. The van der Waals surface area contributed by atoms with Gasteiger partial charge in [0.25, 0.3) is 5.91 Å². The normalized spacial score (nSPS) is 18.4.